The van der Waals surface area contributed by atoms with E-state index in [4.69, 9.17) is 10.00 Å². The molecule has 26 heavy (non-hydrogen) atoms. The molecule has 0 aromatic heterocycles. The van der Waals surface area contributed by atoms with Gasteiger partial charge in [0.1, 0.15) is 6.07 Å². The number of benzene rings is 1. The zero-order valence-corrected chi connectivity index (χ0v) is 15.9. The summed E-state index contributed by atoms with van der Waals surface area (Å²) >= 11 is 0. The van der Waals surface area contributed by atoms with Crippen LogP contribution in [0.2, 0.25) is 0 Å². The number of carbonyl (C=O) groups excluding carboxylic acids is 1. The van der Waals surface area contributed by atoms with Crippen molar-refractivity contribution in [3.05, 3.63) is 29.8 Å². The van der Waals surface area contributed by atoms with Crippen molar-refractivity contribution in [2.75, 3.05) is 13.1 Å². The molecule has 140 valence electrons. The Morgan fingerprint density at radius 1 is 1.19 bits per heavy atom. The summed E-state index contributed by atoms with van der Waals surface area (Å²) in [5.74, 6) is 0.195. The lowest BCUT2D eigenvalue weighted by Gasteiger charge is -2.34. The van der Waals surface area contributed by atoms with Crippen molar-refractivity contribution in [3.63, 3.8) is 0 Å². The number of hydrogen-bond donors (Lipinski definition) is 0. The van der Waals surface area contributed by atoms with E-state index >= 15 is 0 Å². The Morgan fingerprint density at radius 3 is 2.27 bits per heavy atom. The molecular weight excluding hydrogens is 352 g/mol. The van der Waals surface area contributed by atoms with Crippen molar-refractivity contribution in [3.8, 4) is 6.07 Å². The van der Waals surface area contributed by atoms with Crippen molar-refractivity contribution in [2.45, 2.75) is 44.1 Å². The molecule has 7 heteroatoms. The molecule has 0 bridgehead atoms. The van der Waals surface area contributed by atoms with E-state index in [2.05, 4.69) is 13.8 Å². The van der Waals surface area contributed by atoms with Crippen LogP contribution in [0.1, 0.15) is 43.5 Å². The molecule has 1 saturated carbocycles. The molecule has 1 heterocycles. The van der Waals surface area contributed by atoms with E-state index < -0.39 is 22.1 Å². The number of carbonyl (C=O) groups is 1. The zero-order chi connectivity index (χ0) is 18.9. The van der Waals surface area contributed by atoms with Crippen molar-refractivity contribution in [1.29, 1.82) is 5.26 Å². The van der Waals surface area contributed by atoms with Gasteiger partial charge in [-0.15, -0.1) is 0 Å². The van der Waals surface area contributed by atoms with Crippen LogP contribution in [-0.2, 0) is 14.8 Å². The van der Waals surface area contributed by atoms with Crippen LogP contribution in [0.4, 0.5) is 0 Å². The van der Waals surface area contributed by atoms with Crippen molar-refractivity contribution < 1.29 is 17.9 Å². The SMILES string of the molecule is C[C@@H]1C[C@@H](C)CN(S(=O)(=O)c2ccc(C(=O)O[C@@H](C#N)C3CC3)cc2)C1. The molecule has 3 atom stereocenters. The molecule has 1 aromatic carbocycles. The average Bonchev–Trinajstić information content (AvgIpc) is 3.43. The fraction of sp³-hybridized carbons (Fsp3) is 0.579. The van der Waals surface area contributed by atoms with E-state index in [1.54, 1.807) is 0 Å². The van der Waals surface area contributed by atoms with Gasteiger partial charge in [-0.1, -0.05) is 13.8 Å². The molecule has 0 radical (unpaired) electrons. The highest BCUT2D eigenvalue weighted by molar-refractivity contribution is 7.89. The summed E-state index contributed by atoms with van der Waals surface area (Å²) in [5.41, 5.74) is 0.255. The largest absolute Gasteiger partial charge is 0.443 e. The highest BCUT2D eigenvalue weighted by atomic mass is 32.2. The minimum absolute atomic E-state index is 0.131. The normalized spacial score (nSPS) is 25.3. The Hall–Kier alpha value is -1.91. The van der Waals surface area contributed by atoms with Gasteiger partial charge in [0.15, 0.2) is 6.10 Å². The first kappa shape index (κ1) is 18.9. The predicted molar refractivity (Wildman–Crippen MR) is 95.7 cm³/mol. The van der Waals surface area contributed by atoms with E-state index in [9.17, 15) is 13.2 Å². The van der Waals surface area contributed by atoms with Crippen LogP contribution >= 0.6 is 0 Å². The van der Waals surface area contributed by atoms with Gasteiger partial charge in [0, 0.05) is 19.0 Å². The van der Waals surface area contributed by atoms with E-state index in [1.165, 1.54) is 28.6 Å². The lowest BCUT2D eigenvalue weighted by atomic mass is 9.94. The molecule has 6 nitrogen and oxygen atoms in total. The summed E-state index contributed by atoms with van der Waals surface area (Å²) in [6.07, 6.45) is 2.10. The third kappa shape index (κ3) is 4.08. The second-order valence-corrected chi connectivity index (χ2v) is 9.52. The van der Waals surface area contributed by atoms with Crippen molar-refractivity contribution >= 4 is 16.0 Å². The van der Waals surface area contributed by atoms with Crippen LogP contribution in [0.15, 0.2) is 29.2 Å². The van der Waals surface area contributed by atoms with E-state index in [0.717, 1.165) is 19.3 Å². The van der Waals surface area contributed by atoms with Crippen LogP contribution in [-0.4, -0.2) is 37.9 Å². The number of ether oxygens (including phenoxy) is 1. The Balaban J connectivity index is 1.72. The number of esters is 1. The summed E-state index contributed by atoms with van der Waals surface area (Å²) in [5, 5.41) is 9.06. The standard InChI is InChI=1S/C19H24N2O4S/c1-13-9-14(2)12-21(11-13)26(23,24)17-7-5-16(6-8-17)19(22)25-18(10-20)15-3-4-15/h5-8,13-15,18H,3-4,9,11-12H2,1-2H3/t13-,14-,18+/m1/s1. The number of nitrogens with zero attached hydrogens (tertiary/aromatic N) is 2. The number of hydrogen-bond acceptors (Lipinski definition) is 5. The van der Waals surface area contributed by atoms with Gasteiger partial charge in [0.05, 0.1) is 10.5 Å². The topological polar surface area (TPSA) is 87.5 Å². The summed E-state index contributed by atoms with van der Waals surface area (Å²) in [7, 11) is -3.57. The third-order valence-corrected chi connectivity index (χ3v) is 6.82. The molecule has 0 N–H and O–H groups in total. The third-order valence-electron chi connectivity index (χ3n) is 4.97. The quantitative estimate of drug-likeness (QED) is 0.738. The molecule has 2 fully saturated rings. The number of sulfonamides is 1. The Labute approximate surface area is 154 Å². The van der Waals surface area contributed by atoms with Gasteiger partial charge < -0.3 is 4.74 Å². The van der Waals surface area contributed by atoms with Gasteiger partial charge in [0.25, 0.3) is 0 Å². The fourth-order valence-corrected chi connectivity index (χ4v) is 5.20. The smallest absolute Gasteiger partial charge is 0.339 e. The number of piperidine rings is 1. The van der Waals surface area contributed by atoms with Crippen molar-refractivity contribution in [1.82, 2.24) is 4.31 Å². The van der Waals surface area contributed by atoms with Crippen LogP contribution in [0.5, 0.6) is 0 Å². The Bertz CT molecular complexity index is 799. The maximum atomic E-state index is 12.8. The number of nitriles is 1. The molecule has 1 saturated heterocycles. The van der Waals surface area contributed by atoms with E-state index in [1.807, 2.05) is 6.07 Å². The van der Waals surface area contributed by atoms with Crippen LogP contribution in [0.3, 0.4) is 0 Å². The van der Waals surface area contributed by atoms with Gasteiger partial charge >= 0.3 is 5.97 Å². The van der Waals surface area contributed by atoms with Crippen LogP contribution in [0.25, 0.3) is 0 Å². The minimum Gasteiger partial charge on any atom is -0.443 e. The van der Waals surface area contributed by atoms with Crippen molar-refractivity contribution in [2.24, 2.45) is 17.8 Å². The van der Waals surface area contributed by atoms with Gasteiger partial charge in [-0.25, -0.2) is 13.2 Å². The average molecular weight is 376 g/mol. The summed E-state index contributed by atoms with van der Waals surface area (Å²) in [6, 6.07) is 7.79. The van der Waals surface area contributed by atoms with Gasteiger partial charge in [0.2, 0.25) is 10.0 Å². The molecular formula is C19H24N2O4S. The molecule has 1 aromatic rings. The van der Waals surface area contributed by atoms with Crippen LogP contribution in [0, 0.1) is 29.1 Å². The lowest BCUT2D eigenvalue weighted by molar-refractivity contribution is 0.0370. The van der Waals surface area contributed by atoms with Gasteiger partial charge in [-0.05, 0) is 55.4 Å². The number of rotatable bonds is 5. The molecule has 0 unspecified atom stereocenters. The summed E-state index contributed by atoms with van der Waals surface area (Å²) in [6.45, 7) is 5.15. The van der Waals surface area contributed by atoms with Crippen LogP contribution < -0.4 is 0 Å². The highest BCUT2D eigenvalue weighted by Gasteiger charge is 2.35. The molecule has 1 aliphatic heterocycles. The maximum Gasteiger partial charge on any atom is 0.339 e. The lowest BCUT2D eigenvalue weighted by Crippen LogP contribution is -2.42. The zero-order valence-electron chi connectivity index (χ0n) is 15.1. The van der Waals surface area contributed by atoms with Gasteiger partial charge in [-0.2, -0.15) is 9.57 Å². The molecule has 2 aliphatic rings. The predicted octanol–water partition coefficient (Wildman–Crippen LogP) is 2.81. The first-order valence-corrected chi connectivity index (χ1v) is 10.5. The summed E-state index contributed by atoms with van der Waals surface area (Å²) in [4.78, 5) is 12.3. The first-order chi connectivity index (χ1) is 12.3. The second-order valence-electron chi connectivity index (χ2n) is 7.58. The van der Waals surface area contributed by atoms with E-state index in [-0.39, 0.29) is 16.4 Å². The first-order valence-electron chi connectivity index (χ1n) is 9.02. The highest BCUT2D eigenvalue weighted by Crippen LogP contribution is 2.34. The monoisotopic (exact) mass is 376 g/mol. The molecule has 1 aliphatic carbocycles. The molecule has 3 rings (SSSR count). The Morgan fingerprint density at radius 2 is 1.77 bits per heavy atom. The van der Waals surface area contributed by atoms with Gasteiger partial charge in [-0.3, -0.25) is 0 Å². The molecule has 0 spiro atoms. The maximum absolute atomic E-state index is 12.8. The Kier molecular flexibility index (Phi) is 5.35. The second kappa shape index (κ2) is 7.37. The van der Waals surface area contributed by atoms with E-state index in [0.29, 0.717) is 24.9 Å². The minimum atomic E-state index is -3.57. The molecule has 0 amide bonds. The fourth-order valence-electron chi connectivity index (χ4n) is 3.52. The summed E-state index contributed by atoms with van der Waals surface area (Å²) < 4.78 is 32.4.